The minimum absolute atomic E-state index is 0.0136. The van der Waals surface area contributed by atoms with E-state index in [-0.39, 0.29) is 16.6 Å². The quantitative estimate of drug-likeness (QED) is 0.605. The Bertz CT molecular complexity index is 582. The van der Waals surface area contributed by atoms with Crippen LogP contribution in [-0.2, 0) is 10.0 Å². The van der Waals surface area contributed by atoms with E-state index in [0.29, 0.717) is 4.47 Å². The van der Waals surface area contributed by atoms with E-state index in [0.717, 1.165) is 0 Å². The second-order valence-electron chi connectivity index (χ2n) is 4.94. The Hall–Kier alpha value is -0.430. The highest BCUT2D eigenvalue weighted by molar-refractivity contribution is 9.10. The van der Waals surface area contributed by atoms with Gasteiger partial charge in [-0.1, -0.05) is 17.7 Å². The Morgan fingerprint density at radius 3 is 2.58 bits per heavy atom. The fraction of sp³-hybridized carbons (Fsp3) is 0.417. The van der Waals surface area contributed by atoms with Crippen molar-refractivity contribution >= 4 is 37.6 Å². The highest BCUT2D eigenvalue weighted by atomic mass is 79.9. The van der Waals surface area contributed by atoms with Gasteiger partial charge in [0.15, 0.2) is 0 Å². The number of halogens is 2. The van der Waals surface area contributed by atoms with Gasteiger partial charge >= 0.3 is 0 Å². The molecular formula is C12H16BrClN2O2S. The predicted octanol–water partition coefficient (Wildman–Crippen LogP) is 3.47. The van der Waals surface area contributed by atoms with Crippen LogP contribution in [0.2, 0.25) is 5.15 Å². The summed E-state index contributed by atoms with van der Waals surface area (Å²) >= 11 is 9.11. The first kappa shape index (κ1) is 16.6. The Balaban J connectivity index is 3.43. The van der Waals surface area contributed by atoms with Gasteiger partial charge in [-0.2, -0.15) is 4.31 Å². The molecule has 0 aliphatic heterocycles. The molecule has 4 nitrogen and oxygen atoms in total. The van der Waals surface area contributed by atoms with Crippen LogP contribution in [-0.4, -0.2) is 29.8 Å². The summed E-state index contributed by atoms with van der Waals surface area (Å²) in [6.07, 6.45) is 3.00. The van der Waals surface area contributed by atoms with Gasteiger partial charge in [0.1, 0.15) is 10.0 Å². The van der Waals surface area contributed by atoms with Crippen LogP contribution in [0.4, 0.5) is 0 Å². The van der Waals surface area contributed by atoms with Gasteiger partial charge in [-0.25, -0.2) is 13.4 Å². The fourth-order valence-corrected chi connectivity index (χ4v) is 4.23. The third-order valence-corrected chi connectivity index (χ3v) is 5.38. The molecule has 0 aromatic carbocycles. The number of hydrogen-bond donors (Lipinski definition) is 0. The standard InChI is InChI=1S/C12H16BrClN2O2S/c1-5-6-16(12(2,3)4)19(17,18)10-7-9(13)8-15-11(10)14/h5,7-8H,1,6H2,2-4H3. The Morgan fingerprint density at radius 2 is 2.11 bits per heavy atom. The molecule has 7 heteroatoms. The van der Waals surface area contributed by atoms with Gasteiger partial charge in [0, 0.05) is 22.8 Å². The summed E-state index contributed by atoms with van der Waals surface area (Å²) in [6.45, 7) is 9.24. The van der Waals surface area contributed by atoms with Gasteiger partial charge in [0.05, 0.1) is 0 Å². The van der Waals surface area contributed by atoms with Crippen LogP contribution in [0.1, 0.15) is 20.8 Å². The first-order valence-corrected chi connectivity index (χ1v) is 8.16. The molecule has 0 amide bonds. The van der Waals surface area contributed by atoms with Crippen molar-refractivity contribution in [1.82, 2.24) is 9.29 Å². The molecule has 0 atom stereocenters. The van der Waals surface area contributed by atoms with Gasteiger partial charge in [-0.05, 0) is 42.8 Å². The lowest BCUT2D eigenvalue weighted by atomic mass is 10.1. The van der Waals surface area contributed by atoms with Crippen molar-refractivity contribution in [3.05, 3.63) is 34.5 Å². The molecular weight excluding hydrogens is 352 g/mol. The summed E-state index contributed by atoms with van der Waals surface area (Å²) in [5.74, 6) is 0. The second-order valence-corrected chi connectivity index (χ2v) is 8.04. The maximum absolute atomic E-state index is 12.7. The molecule has 0 saturated carbocycles. The van der Waals surface area contributed by atoms with Crippen LogP contribution in [0.25, 0.3) is 0 Å². The smallest absolute Gasteiger partial charge is 0.242 e. The minimum Gasteiger partial charge on any atom is -0.242 e. The third-order valence-electron chi connectivity index (χ3n) is 2.38. The lowest BCUT2D eigenvalue weighted by Crippen LogP contribution is -2.45. The lowest BCUT2D eigenvalue weighted by Gasteiger charge is -2.33. The first-order chi connectivity index (χ1) is 8.60. The molecule has 0 radical (unpaired) electrons. The van der Waals surface area contributed by atoms with Crippen LogP contribution in [0, 0.1) is 0 Å². The van der Waals surface area contributed by atoms with Crippen LogP contribution < -0.4 is 0 Å². The molecule has 1 heterocycles. The molecule has 0 spiro atoms. The van der Waals surface area contributed by atoms with E-state index in [1.54, 1.807) is 6.08 Å². The van der Waals surface area contributed by atoms with Crippen molar-refractivity contribution in [2.45, 2.75) is 31.2 Å². The zero-order valence-electron chi connectivity index (χ0n) is 11.0. The summed E-state index contributed by atoms with van der Waals surface area (Å²) in [7, 11) is -3.74. The lowest BCUT2D eigenvalue weighted by molar-refractivity contribution is 0.270. The molecule has 0 aliphatic carbocycles. The van der Waals surface area contributed by atoms with E-state index in [1.807, 2.05) is 20.8 Å². The average Bonchev–Trinajstić information content (AvgIpc) is 2.27. The van der Waals surface area contributed by atoms with Crippen molar-refractivity contribution in [3.63, 3.8) is 0 Å². The average molecular weight is 368 g/mol. The molecule has 0 bridgehead atoms. The van der Waals surface area contributed by atoms with Crippen molar-refractivity contribution in [2.75, 3.05) is 6.54 Å². The Labute approximate surface area is 127 Å². The highest BCUT2D eigenvalue weighted by Crippen LogP contribution is 2.29. The van der Waals surface area contributed by atoms with E-state index in [1.165, 1.54) is 16.6 Å². The van der Waals surface area contributed by atoms with E-state index < -0.39 is 15.6 Å². The molecule has 0 N–H and O–H groups in total. The maximum atomic E-state index is 12.7. The Kier molecular flexibility index (Phi) is 5.17. The predicted molar refractivity (Wildman–Crippen MR) is 80.8 cm³/mol. The topological polar surface area (TPSA) is 50.3 Å². The van der Waals surface area contributed by atoms with Crippen LogP contribution in [0.3, 0.4) is 0 Å². The number of pyridine rings is 1. The van der Waals surface area contributed by atoms with Crippen LogP contribution in [0.15, 0.2) is 34.3 Å². The monoisotopic (exact) mass is 366 g/mol. The van der Waals surface area contributed by atoms with E-state index >= 15 is 0 Å². The zero-order valence-corrected chi connectivity index (χ0v) is 14.2. The molecule has 19 heavy (non-hydrogen) atoms. The summed E-state index contributed by atoms with van der Waals surface area (Å²) in [5.41, 5.74) is -0.585. The summed E-state index contributed by atoms with van der Waals surface area (Å²) in [4.78, 5) is 3.84. The van der Waals surface area contributed by atoms with Crippen molar-refractivity contribution in [3.8, 4) is 0 Å². The minimum atomic E-state index is -3.74. The molecule has 0 fully saturated rings. The molecule has 1 rings (SSSR count). The molecule has 0 unspecified atom stereocenters. The molecule has 0 saturated heterocycles. The zero-order chi connectivity index (χ0) is 14.8. The summed E-state index contributed by atoms with van der Waals surface area (Å²) in [6, 6.07) is 1.45. The highest BCUT2D eigenvalue weighted by Gasteiger charge is 2.34. The first-order valence-electron chi connectivity index (χ1n) is 5.55. The molecule has 1 aromatic heterocycles. The van der Waals surface area contributed by atoms with E-state index in [2.05, 4.69) is 27.5 Å². The normalized spacial score (nSPS) is 12.7. The van der Waals surface area contributed by atoms with Gasteiger partial charge in [0.2, 0.25) is 10.0 Å². The summed E-state index contributed by atoms with van der Waals surface area (Å²) in [5, 5.41) is -0.0403. The number of nitrogens with zero attached hydrogens (tertiary/aromatic N) is 2. The molecule has 0 aliphatic rings. The fourth-order valence-electron chi connectivity index (χ4n) is 1.55. The number of hydrogen-bond acceptors (Lipinski definition) is 3. The van der Waals surface area contributed by atoms with Gasteiger partial charge in [-0.15, -0.1) is 6.58 Å². The second kappa shape index (κ2) is 5.91. The van der Waals surface area contributed by atoms with Crippen LogP contribution in [0.5, 0.6) is 0 Å². The van der Waals surface area contributed by atoms with Gasteiger partial charge < -0.3 is 0 Å². The van der Waals surface area contributed by atoms with E-state index in [9.17, 15) is 8.42 Å². The third kappa shape index (κ3) is 3.78. The van der Waals surface area contributed by atoms with Crippen molar-refractivity contribution < 1.29 is 8.42 Å². The number of aromatic nitrogens is 1. The van der Waals surface area contributed by atoms with Crippen LogP contribution >= 0.6 is 27.5 Å². The number of sulfonamides is 1. The SMILES string of the molecule is C=CCN(C(C)(C)C)S(=O)(=O)c1cc(Br)cnc1Cl. The molecule has 1 aromatic rings. The Morgan fingerprint density at radius 1 is 1.53 bits per heavy atom. The van der Waals surface area contributed by atoms with Gasteiger partial charge in [0.25, 0.3) is 0 Å². The molecule has 106 valence electrons. The maximum Gasteiger partial charge on any atom is 0.246 e. The number of rotatable bonds is 4. The largest absolute Gasteiger partial charge is 0.246 e. The van der Waals surface area contributed by atoms with Gasteiger partial charge in [-0.3, -0.25) is 0 Å². The van der Waals surface area contributed by atoms with Crippen molar-refractivity contribution in [1.29, 1.82) is 0 Å². The van der Waals surface area contributed by atoms with Crippen molar-refractivity contribution in [2.24, 2.45) is 0 Å². The van der Waals surface area contributed by atoms with E-state index in [4.69, 9.17) is 11.6 Å². The summed E-state index contributed by atoms with van der Waals surface area (Å²) < 4.78 is 27.2.